The Morgan fingerprint density at radius 2 is 1.30 bits per heavy atom. The molecule has 1 aliphatic rings. The van der Waals surface area contributed by atoms with E-state index in [1.165, 1.54) is 5.57 Å². The molecule has 8 rings (SSSR count). The number of allylic oxidation sites excluding steroid dienone is 4. The van der Waals surface area contributed by atoms with Gasteiger partial charge < -0.3 is 0 Å². The maximum Gasteiger partial charge on any atom is 0.156 e. The van der Waals surface area contributed by atoms with Gasteiger partial charge in [0, 0.05) is 34.0 Å². The quantitative estimate of drug-likeness (QED) is 0.138. The molecule has 0 fully saturated rings. The summed E-state index contributed by atoms with van der Waals surface area (Å²) in [4.78, 5) is 15.5. The summed E-state index contributed by atoms with van der Waals surface area (Å²) < 4.78 is 2.18. The number of aromatic nitrogens is 2. The van der Waals surface area contributed by atoms with Crippen molar-refractivity contribution in [1.82, 2.24) is 9.38 Å². The zero-order valence-electron chi connectivity index (χ0n) is 30.9. The van der Waals surface area contributed by atoms with Crippen molar-refractivity contribution in [1.29, 1.82) is 0 Å². The molecule has 0 N–H and O–H groups in total. The second-order valence-electron chi connectivity index (χ2n) is 14.1. The van der Waals surface area contributed by atoms with Gasteiger partial charge in [-0.05, 0) is 71.0 Å². The lowest BCUT2D eigenvalue weighted by Crippen LogP contribution is -2.20. The zero-order chi connectivity index (χ0) is 37.0. The molecule has 1 atom stereocenters. The van der Waals surface area contributed by atoms with Gasteiger partial charge in [-0.2, -0.15) is 0 Å². The Balaban J connectivity index is 1.25. The summed E-state index contributed by atoms with van der Waals surface area (Å²) in [5, 5.41) is 0. The van der Waals surface area contributed by atoms with Crippen molar-refractivity contribution in [3.63, 3.8) is 0 Å². The Morgan fingerprint density at radius 1 is 0.667 bits per heavy atom. The highest BCUT2D eigenvalue weighted by Crippen LogP contribution is 2.38. The number of pyridine rings is 1. The predicted octanol–water partition coefficient (Wildman–Crippen LogP) is 12.5. The molecule has 5 aromatic carbocycles. The van der Waals surface area contributed by atoms with Gasteiger partial charge in [-0.25, -0.2) is 9.98 Å². The first kappa shape index (κ1) is 34.4. The zero-order valence-corrected chi connectivity index (χ0v) is 30.9. The van der Waals surface area contributed by atoms with Crippen molar-refractivity contribution < 1.29 is 0 Å². The minimum absolute atomic E-state index is 0.323. The Labute approximate surface area is 318 Å². The van der Waals surface area contributed by atoms with Crippen molar-refractivity contribution in [2.24, 2.45) is 15.9 Å². The topological polar surface area (TPSA) is 42.0 Å². The van der Waals surface area contributed by atoms with Crippen LogP contribution in [0, 0.1) is 5.92 Å². The molecule has 0 aliphatic carbocycles. The summed E-state index contributed by atoms with van der Waals surface area (Å²) in [7, 11) is 0. The van der Waals surface area contributed by atoms with Crippen LogP contribution < -0.4 is 0 Å². The molecule has 4 nitrogen and oxygen atoms in total. The van der Waals surface area contributed by atoms with Gasteiger partial charge in [-0.15, -0.1) is 0 Å². The maximum absolute atomic E-state index is 5.30. The van der Waals surface area contributed by atoms with E-state index in [4.69, 9.17) is 15.0 Å². The van der Waals surface area contributed by atoms with E-state index < -0.39 is 0 Å². The molecular formula is C50H42N4. The van der Waals surface area contributed by atoms with Crippen molar-refractivity contribution in [2.45, 2.75) is 26.8 Å². The van der Waals surface area contributed by atoms with Gasteiger partial charge in [0.2, 0.25) is 0 Å². The SMILES string of the molecule is C=C1C(c2ccccc2)=NC(c2ccccc2)=NC1c1cc(/C(C)=C/C=C\C(C)C)cc(-c2ccc(-c3c(-c4ccccc4)nc4ccccn34)cc2)c1. The number of amidine groups is 1. The predicted molar refractivity (Wildman–Crippen MR) is 227 cm³/mol. The molecule has 1 aliphatic heterocycles. The van der Waals surface area contributed by atoms with E-state index in [1.807, 2.05) is 48.5 Å². The van der Waals surface area contributed by atoms with Crippen LogP contribution in [0.3, 0.4) is 0 Å². The fraction of sp³-hybridized carbons (Fsp3) is 0.100. The third-order valence-electron chi connectivity index (χ3n) is 9.82. The Morgan fingerprint density at radius 3 is 1.98 bits per heavy atom. The first-order valence-electron chi connectivity index (χ1n) is 18.5. The summed E-state index contributed by atoms with van der Waals surface area (Å²) in [6.07, 6.45) is 8.67. The lowest BCUT2D eigenvalue weighted by Gasteiger charge is -2.25. The molecule has 1 unspecified atom stereocenters. The largest absolute Gasteiger partial charge is 0.299 e. The third kappa shape index (κ3) is 7.07. The molecular weight excluding hydrogens is 657 g/mol. The summed E-state index contributed by atoms with van der Waals surface area (Å²) in [5.74, 6) is 1.18. The number of aliphatic imine (C=N–C) groups is 2. The van der Waals surface area contributed by atoms with Crippen LogP contribution in [0.5, 0.6) is 0 Å². The number of hydrogen-bond acceptors (Lipinski definition) is 3. The molecule has 7 aromatic rings. The van der Waals surface area contributed by atoms with Crippen LogP contribution in [-0.4, -0.2) is 20.9 Å². The number of rotatable bonds is 9. The molecule has 0 spiro atoms. The van der Waals surface area contributed by atoms with Gasteiger partial charge in [0.25, 0.3) is 0 Å². The van der Waals surface area contributed by atoms with Crippen LogP contribution in [0.15, 0.2) is 198 Å². The average molecular weight is 699 g/mol. The van der Waals surface area contributed by atoms with Gasteiger partial charge in [0.05, 0.1) is 17.1 Å². The monoisotopic (exact) mass is 698 g/mol. The van der Waals surface area contributed by atoms with Crippen LogP contribution in [0.2, 0.25) is 0 Å². The highest BCUT2D eigenvalue weighted by atomic mass is 15.0. The Hall–Kier alpha value is -6.65. The second-order valence-corrected chi connectivity index (χ2v) is 14.1. The molecule has 2 aromatic heterocycles. The Bertz CT molecular complexity index is 2570. The lowest BCUT2D eigenvalue weighted by molar-refractivity contribution is 0.832. The van der Waals surface area contributed by atoms with E-state index >= 15 is 0 Å². The number of fused-ring (bicyclic) bond motifs is 1. The van der Waals surface area contributed by atoms with Crippen LogP contribution in [0.4, 0.5) is 0 Å². The fourth-order valence-electron chi connectivity index (χ4n) is 7.00. The lowest BCUT2D eigenvalue weighted by atomic mass is 9.87. The summed E-state index contributed by atoms with van der Waals surface area (Å²) in [6.45, 7) is 11.2. The van der Waals surface area contributed by atoms with E-state index in [2.05, 4.69) is 159 Å². The van der Waals surface area contributed by atoms with Gasteiger partial charge in [-0.1, -0.05) is 160 Å². The molecule has 0 saturated carbocycles. The van der Waals surface area contributed by atoms with E-state index in [0.717, 1.165) is 72.8 Å². The molecule has 4 heteroatoms. The van der Waals surface area contributed by atoms with Gasteiger partial charge in [-0.3, -0.25) is 9.39 Å². The van der Waals surface area contributed by atoms with Crippen molar-refractivity contribution in [3.05, 3.63) is 210 Å². The summed E-state index contributed by atoms with van der Waals surface area (Å²) in [6, 6.07) is 52.5. The second kappa shape index (κ2) is 15.1. The molecule has 54 heavy (non-hydrogen) atoms. The van der Waals surface area contributed by atoms with Crippen molar-refractivity contribution in [2.75, 3.05) is 0 Å². The number of nitrogens with zero attached hydrogens (tertiary/aromatic N) is 4. The molecule has 0 radical (unpaired) electrons. The highest BCUT2D eigenvalue weighted by molar-refractivity contribution is 6.21. The van der Waals surface area contributed by atoms with Gasteiger partial charge >= 0.3 is 0 Å². The van der Waals surface area contributed by atoms with E-state index in [0.29, 0.717) is 11.8 Å². The van der Waals surface area contributed by atoms with Crippen molar-refractivity contribution in [3.8, 4) is 33.6 Å². The smallest absolute Gasteiger partial charge is 0.156 e. The van der Waals surface area contributed by atoms with Crippen LogP contribution >= 0.6 is 0 Å². The van der Waals surface area contributed by atoms with Crippen LogP contribution in [-0.2, 0) is 0 Å². The molecule has 0 amide bonds. The highest BCUT2D eigenvalue weighted by Gasteiger charge is 2.27. The molecule has 0 saturated heterocycles. The molecule has 0 bridgehead atoms. The first-order chi connectivity index (χ1) is 26.4. The number of imidazole rings is 1. The van der Waals surface area contributed by atoms with E-state index in [-0.39, 0.29) is 6.04 Å². The minimum atomic E-state index is -0.323. The molecule has 262 valence electrons. The third-order valence-corrected chi connectivity index (χ3v) is 9.82. The average Bonchev–Trinajstić information content (AvgIpc) is 3.61. The Kier molecular flexibility index (Phi) is 9.65. The van der Waals surface area contributed by atoms with Gasteiger partial charge in [0.15, 0.2) is 5.84 Å². The first-order valence-corrected chi connectivity index (χ1v) is 18.5. The fourth-order valence-corrected chi connectivity index (χ4v) is 7.00. The number of benzene rings is 5. The van der Waals surface area contributed by atoms with Crippen molar-refractivity contribution >= 4 is 22.8 Å². The summed E-state index contributed by atoms with van der Waals surface area (Å²) in [5.41, 5.74) is 14.5. The number of hydrogen-bond donors (Lipinski definition) is 0. The standard InChI is InChI=1S/C50H42N4/c1-34(2)17-16-18-35(3)42-31-43(37-26-28-40(29-27-37)49-48(39-21-10-6-11-22-39)51-45-25-14-15-30-54(45)49)33-44(32-42)47-36(4)46(38-19-8-5-9-20-38)52-50(53-47)41-23-12-7-13-24-41/h5-34,47H,4H2,1-3H3/b17-16-,35-18+. The minimum Gasteiger partial charge on any atom is -0.299 e. The van der Waals surface area contributed by atoms with E-state index in [1.54, 1.807) is 0 Å². The summed E-state index contributed by atoms with van der Waals surface area (Å²) >= 11 is 0. The maximum atomic E-state index is 5.30. The normalized spacial score (nSPS) is 14.9. The molecule has 3 heterocycles. The van der Waals surface area contributed by atoms with Crippen LogP contribution in [0.1, 0.15) is 49.1 Å². The van der Waals surface area contributed by atoms with Gasteiger partial charge in [0.1, 0.15) is 11.7 Å². The van der Waals surface area contributed by atoms with E-state index in [9.17, 15) is 0 Å². The van der Waals surface area contributed by atoms with Crippen LogP contribution in [0.25, 0.3) is 44.9 Å².